The zero-order valence-electron chi connectivity index (χ0n) is 15.2. The molecule has 0 N–H and O–H groups in total. The van der Waals surface area contributed by atoms with Gasteiger partial charge in [0.1, 0.15) is 11.5 Å². The molecule has 1 aliphatic rings. The van der Waals surface area contributed by atoms with Gasteiger partial charge in [-0.3, -0.25) is 4.79 Å². The van der Waals surface area contributed by atoms with Gasteiger partial charge in [-0.15, -0.1) is 0 Å². The summed E-state index contributed by atoms with van der Waals surface area (Å²) in [6, 6.07) is 16.7. The number of esters is 1. The molecule has 3 aromatic rings. The number of fused-ring (bicyclic) bond motifs is 1. The predicted octanol–water partition coefficient (Wildman–Crippen LogP) is 6.14. The fourth-order valence-corrected chi connectivity index (χ4v) is 3.37. The lowest BCUT2D eigenvalue weighted by atomic mass is 10.1. The largest absolute Gasteiger partial charge is 0.452 e. The predicted molar refractivity (Wildman–Crippen MR) is 112 cm³/mol. The number of rotatable bonds is 3. The van der Waals surface area contributed by atoms with E-state index in [0.29, 0.717) is 32.5 Å². The number of carbonyl (C=O) groups is 2. The Morgan fingerprint density at radius 1 is 1.00 bits per heavy atom. The van der Waals surface area contributed by atoms with Gasteiger partial charge in [-0.05, 0) is 49.4 Å². The van der Waals surface area contributed by atoms with E-state index in [2.05, 4.69) is 0 Å². The van der Waals surface area contributed by atoms with Crippen LogP contribution in [0.3, 0.4) is 0 Å². The molecule has 3 aromatic carbocycles. The molecule has 0 aliphatic carbocycles. The quantitative estimate of drug-likeness (QED) is 0.288. The van der Waals surface area contributed by atoms with Crippen molar-refractivity contribution in [3.05, 3.63) is 98.7 Å². The zero-order valence-corrected chi connectivity index (χ0v) is 16.8. The smallest absolute Gasteiger partial charge is 0.343 e. The minimum Gasteiger partial charge on any atom is -0.452 e. The van der Waals surface area contributed by atoms with E-state index in [0.717, 1.165) is 5.56 Å². The van der Waals surface area contributed by atoms with Crippen molar-refractivity contribution in [2.75, 3.05) is 0 Å². The summed E-state index contributed by atoms with van der Waals surface area (Å²) in [5.41, 5.74) is 2.35. The Labute approximate surface area is 177 Å². The number of ether oxygens (including phenoxy) is 2. The number of carbonyl (C=O) groups excluding carboxylic acids is 2. The summed E-state index contributed by atoms with van der Waals surface area (Å²) in [6.45, 7) is 1.94. The number of halogens is 2. The Morgan fingerprint density at radius 2 is 1.69 bits per heavy atom. The molecule has 6 heteroatoms. The van der Waals surface area contributed by atoms with Crippen LogP contribution in [-0.4, -0.2) is 11.8 Å². The Morgan fingerprint density at radius 3 is 2.38 bits per heavy atom. The molecule has 0 atom stereocenters. The first-order valence-electron chi connectivity index (χ1n) is 8.73. The van der Waals surface area contributed by atoms with Crippen LogP contribution in [0.2, 0.25) is 10.0 Å². The van der Waals surface area contributed by atoms with E-state index in [-0.39, 0.29) is 17.3 Å². The summed E-state index contributed by atoms with van der Waals surface area (Å²) in [4.78, 5) is 24.9. The number of hydrogen-bond acceptors (Lipinski definition) is 4. The molecule has 0 radical (unpaired) electrons. The topological polar surface area (TPSA) is 52.6 Å². The number of hydrogen-bond donors (Lipinski definition) is 0. The van der Waals surface area contributed by atoms with Gasteiger partial charge >= 0.3 is 5.97 Å². The van der Waals surface area contributed by atoms with Crippen molar-refractivity contribution in [2.24, 2.45) is 0 Å². The number of Topliss-reactive ketones (excluding diaryl/α,β-unsaturated/α-hetero) is 1. The molecule has 0 fully saturated rings. The average molecular weight is 425 g/mol. The second-order valence-electron chi connectivity index (χ2n) is 6.49. The van der Waals surface area contributed by atoms with Crippen LogP contribution in [0.15, 0.2) is 66.4 Å². The molecule has 0 saturated heterocycles. The van der Waals surface area contributed by atoms with Gasteiger partial charge in [0.05, 0.1) is 11.1 Å². The summed E-state index contributed by atoms with van der Waals surface area (Å²) in [5, 5.41) is 0.815. The normalized spacial score (nSPS) is 13.9. The third kappa shape index (κ3) is 3.90. The first-order valence-corrected chi connectivity index (χ1v) is 9.49. The minimum absolute atomic E-state index is 0.0945. The number of ketones is 1. The molecule has 0 spiro atoms. The number of benzene rings is 3. The van der Waals surface area contributed by atoms with Crippen molar-refractivity contribution in [2.45, 2.75) is 6.92 Å². The van der Waals surface area contributed by atoms with Gasteiger partial charge < -0.3 is 9.47 Å². The summed E-state index contributed by atoms with van der Waals surface area (Å²) in [6.07, 6.45) is 1.50. The summed E-state index contributed by atoms with van der Waals surface area (Å²) in [7, 11) is 0. The number of aryl methyl sites for hydroxylation is 1. The molecule has 1 heterocycles. The Balaban J connectivity index is 1.58. The molecule has 0 aromatic heterocycles. The van der Waals surface area contributed by atoms with E-state index < -0.39 is 5.97 Å². The van der Waals surface area contributed by atoms with Crippen molar-refractivity contribution in [3.8, 4) is 11.5 Å². The molecule has 144 valence electrons. The van der Waals surface area contributed by atoms with Crippen molar-refractivity contribution < 1.29 is 19.1 Å². The lowest BCUT2D eigenvalue weighted by molar-refractivity contribution is 0.0734. The molecule has 1 aliphatic heterocycles. The third-order valence-electron chi connectivity index (χ3n) is 4.41. The molecule has 0 bridgehead atoms. The van der Waals surface area contributed by atoms with Crippen LogP contribution in [0.4, 0.5) is 0 Å². The van der Waals surface area contributed by atoms with Gasteiger partial charge in [-0.2, -0.15) is 0 Å². The maximum absolute atomic E-state index is 12.6. The Bertz CT molecular complexity index is 1140. The van der Waals surface area contributed by atoms with E-state index in [1.165, 1.54) is 12.1 Å². The van der Waals surface area contributed by atoms with Crippen molar-refractivity contribution in [1.82, 2.24) is 0 Å². The van der Waals surface area contributed by atoms with Gasteiger partial charge in [0.25, 0.3) is 0 Å². The maximum atomic E-state index is 12.6. The van der Waals surface area contributed by atoms with Crippen molar-refractivity contribution >= 4 is 41.0 Å². The monoisotopic (exact) mass is 424 g/mol. The van der Waals surface area contributed by atoms with Gasteiger partial charge in [-0.1, -0.05) is 47.0 Å². The van der Waals surface area contributed by atoms with Crippen LogP contribution in [0, 0.1) is 6.92 Å². The lowest BCUT2D eigenvalue weighted by Gasteiger charge is -2.06. The summed E-state index contributed by atoms with van der Waals surface area (Å²) >= 11 is 12.3. The van der Waals surface area contributed by atoms with E-state index in [9.17, 15) is 9.59 Å². The fourth-order valence-electron chi connectivity index (χ4n) is 2.87. The van der Waals surface area contributed by atoms with Gasteiger partial charge in [0.15, 0.2) is 5.76 Å². The molecule has 4 rings (SSSR count). The van der Waals surface area contributed by atoms with Crippen molar-refractivity contribution in [3.63, 3.8) is 0 Å². The minimum atomic E-state index is -0.493. The van der Waals surface area contributed by atoms with Crippen LogP contribution in [0.5, 0.6) is 11.5 Å². The lowest BCUT2D eigenvalue weighted by Crippen LogP contribution is -2.08. The van der Waals surface area contributed by atoms with Crippen LogP contribution in [0.25, 0.3) is 6.08 Å². The standard InChI is InChI=1S/C23H14Cl2O4/c1-13-5-7-14(8-6-13)23(27)28-15-9-10-16-20(11-15)29-21(22(16)26)12-17-18(24)3-2-4-19(17)25/h2-12H,1H3. The van der Waals surface area contributed by atoms with E-state index in [4.69, 9.17) is 32.7 Å². The Hall–Kier alpha value is -3.08. The zero-order chi connectivity index (χ0) is 20.5. The average Bonchev–Trinajstić information content (AvgIpc) is 3.00. The first-order chi connectivity index (χ1) is 13.9. The highest BCUT2D eigenvalue weighted by molar-refractivity contribution is 6.37. The highest BCUT2D eigenvalue weighted by Crippen LogP contribution is 2.36. The second kappa shape index (κ2) is 7.74. The highest BCUT2D eigenvalue weighted by Gasteiger charge is 2.28. The molecule has 4 nitrogen and oxygen atoms in total. The SMILES string of the molecule is Cc1ccc(C(=O)Oc2ccc3c(c2)OC(=Cc2c(Cl)cccc2Cl)C3=O)cc1. The van der Waals surface area contributed by atoms with Gasteiger partial charge in [-0.25, -0.2) is 4.79 Å². The first kappa shape index (κ1) is 19.2. The Kier molecular flexibility index (Phi) is 5.14. The molecule has 0 unspecified atom stereocenters. The maximum Gasteiger partial charge on any atom is 0.343 e. The van der Waals surface area contributed by atoms with E-state index in [1.807, 2.05) is 19.1 Å². The van der Waals surface area contributed by atoms with Crippen molar-refractivity contribution in [1.29, 1.82) is 0 Å². The van der Waals surface area contributed by atoms with Crippen LogP contribution < -0.4 is 9.47 Å². The molecular formula is C23H14Cl2O4. The molecule has 0 amide bonds. The summed E-state index contributed by atoms with van der Waals surface area (Å²) in [5.74, 6) is -0.116. The van der Waals surface area contributed by atoms with E-state index >= 15 is 0 Å². The molecule has 29 heavy (non-hydrogen) atoms. The van der Waals surface area contributed by atoms with Crippen LogP contribution >= 0.6 is 23.2 Å². The van der Waals surface area contributed by atoms with Crippen LogP contribution in [-0.2, 0) is 0 Å². The second-order valence-corrected chi connectivity index (χ2v) is 7.30. The molecular weight excluding hydrogens is 411 g/mol. The molecule has 0 saturated carbocycles. The summed E-state index contributed by atoms with van der Waals surface area (Å²) < 4.78 is 11.1. The number of allylic oxidation sites excluding steroid dienone is 1. The fraction of sp³-hybridized carbons (Fsp3) is 0.0435. The van der Waals surface area contributed by atoms with Crippen LogP contribution in [0.1, 0.15) is 31.8 Å². The third-order valence-corrected chi connectivity index (χ3v) is 5.07. The van der Waals surface area contributed by atoms with E-state index in [1.54, 1.807) is 42.5 Å². The van der Waals surface area contributed by atoms with Gasteiger partial charge in [0.2, 0.25) is 5.78 Å². The highest BCUT2D eigenvalue weighted by atomic mass is 35.5. The van der Waals surface area contributed by atoms with Gasteiger partial charge in [0, 0.05) is 21.7 Å².